The van der Waals surface area contributed by atoms with Crippen molar-refractivity contribution in [2.24, 2.45) is 0 Å². The van der Waals surface area contributed by atoms with Crippen LogP contribution in [0.3, 0.4) is 0 Å². The first kappa shape index (κ1) is 18.1. The van der Waals surface area contributed by atoms with Gasteiger partial charge in [-0.2, -0.15) is 0 Å². The molecule has 4 aromatic rings. The third-order valence-corrected chi connectivity index (χ3v) is 4.67. The maximum atomic E-state index is 12.2. The van der Waals surface area contributed by atoms with Crippen LogP contribution in [0.15, 0.2) is 87.8 Å². The lowest BCUT2D eigenvalue weighted by molar-refractivity contribution is -0.115. The van der Waals surface area contributed by atoms with Crippen molar-refractivity contribution in [1.82, 2.24) is 10.2 Å². The van der Waals surface area contributed by atoms with Gasteiger partial charge in [0, 0.05) is 21.3 Å². The fraction of sp³-hybridized carbons (Fsp3) is 0.0455. The molecule has 0 radical (unpaired) electrons. The van der Waals surface area contributed by atoms with E-state index in [0.717, 1.165) is 21.2 Å². The molecule has 0 aliphatic rings. The summed E-state index contributed by atoms with van der Waals surface area (Å²) >= 11 is 3.39. The van der Waals surface area contributed by atoms with E-state index in [1.165, 1.54) is 0 Å². The van der Waals surface area contributed by atoms with Gasteiger partial charge in [-0.25, -0.2) is 0 Å². The third kappa shape index (κ3) is 4.35. The summed E-state index contributed by atoms with van der Waals surface area (Å²) in [4.78, 5) is 12.2. The number of hydrogen-bond donors (Lipinski definition) is 1. The van der Waals surface area contributed by atoms with Gasteiger partial charge < -0.3 is 9.73 Å². The highest BCUT2D eigenvalue weighted by Gasteiger charge is 2.11. The van der Waals surface area contributed by atoms with Crippen LogP contribution in [0.1, 0.15) is 5.56 Å². The van der Waals surface area contributed by atoms with E-state index in [1.54, 1.807) is 0 Å². The number of nitrogens with one attached hydrogen (secondary N) is 1. The van der Waals surface area contributed by atoms with Crippen molar-refractivity contribution >= 4 is 27.5 Å². The number of nitrogens with zero attached hydrogens (tertiary/aromatic N) is 2. The summed E-state index contributed by atoms with van der Waals surface area (Å²) in [6.07, 6.45) is 0.319. The summed E-state index contributed by atoms with van der Waals surface area (Å²) < 4.78 is 6.74. The maximum absolute atomic E-state index is 12.2. The van der Waals surface area contributed by atoms with Gasteiger partial charge in [-0.15, -0.1) is 10.2 Å². The van der Waals surface area contributed by atoms with Crippen molar-refractivity contribution in [2.75, 3.05) is 5.32 Å². The molecule has 0 fully saturated rings. The highest BCUT2D eigenvalue weighted by Crippen LogP contribution is 2.24. The second-order valence-electron chi connectivity index (χ2n) is 6.21. The van der Waals surface area contributed by atoms with Gasteiger partial charge in [-0.3, -0.25) is 4.79 Å². The van der Waals surface area contributed by atoms with E-state index in [4.69, 9.17) is 4.42 Å². The fourth-order valence-corrected chi connectivity index (χ4v) is 2.99. The number of carbonyl (C=O) groups excluding carboxylic acids is 1. The van der Waals surface area contributed by atoms with Crippen molar-refractivity contribution in [3.05, 3.63) is 88.9 Å². The molecular formula is C22H16BrN3O2. The van der Waals surface area contributed by atoms with Gasteiger partial charge in [0.1, 0.15) is 0 Å². The molecule has 0 atom stereocenters. The van der Waals surface area contributed by atoms with Gasteiger partial charge in [-0.05, 0) is 54.1 Å². The topological polar surface area (TPSA) is 68.0 Å². The van der Waals surface area contributed by atoms with Crippen LogP contribution in [0.2, 0.25) is 0 Å². The van der Waals surface area contributed by atoms with Crippen molar-refractivity contribution in [3.63, 3.8) is 0 Å². The number of benzene rings is 3. The normalized spacial score (nSPS) is 10.6. The molecule has 6 heteroatoms. The lowest BCUT2D eigenvalue weighted by Crippen LogP contribution is -2.14. The Kier molecular flexibility index (Phi) is 5.30. The molecule has 1 heterocycles. The predicted molar refractivity (Wildman–Crippen MR) is 112 cm³/mol. The van der Waals surface area contributed by atoms with Gasteiger partial charge in [0.25, 0.3) is 0 Å². The summed E-state index contributed by atoms with van der Waals surface area (Å²) in [5.41, 5.74) is 3.34. The van der Waals surface area contributed by atoms with Crippen molar-refractivity contribution in [1.29, 1.82) is 0 Å². The van der Waals surface area contributed by atoms with E-state index in [2.05, 4.69) is 31.4 Å². The Morgan fingerprint density at radius 2 is 1.43 bits per heavy atom. The van der Waals surface area contributed by atoms with Gasteiger partial charge in [0.05, 0.1) is 6.42 Å². The van der Waals surface area contributed by atoms with E-state index in [-0.39, 0.29) is 5.91 Å². The van der Waals surface area contributed by atoms with Crippen LogP contribution in [0.5, 0.6) is 0 Å². The molecule has 0 saturated carbocycles. The largest absolute Gasteiger partial charge is 0.416 e. The highest BCUT2D eigenvalue weighted by atomic mass is 79.9. The maximum Gasteiger partial charge on any atom is 0.248 e. The molecule has 28 heavy (non-hydrogen) atoms. The minimum Gasteiger partial charge on any atom is -0.416 e. The standard InChI is InChI=1S/C22H16BrN3O2/c23-18-10-6-15(7-11-18)14-20(27)24-19-12-8-17(9-13-19)22-26-25-21(28-22)16-4-2-1-3-5-16/h1-13H,14H2,(H,24,27). The molecular weight excluding hydrogens is 418 g/mol. The molecule has 1 aromatic heterocycles. The number of amides is 1. The fourth-order valence-electron chi connectivity index (χ4n) is 2.73. The second-order valence-corrected chi connectivity index (χ2v) is 7.12. The van der Waals surface area contributed by atoms with Gasteiger partial charge >= 0.3 is 0 Å². The van der Waals surface area contributed by atoms with Crippen LogP contribution in [0.25, 0.3) is 22.9 Å². The zero-order valence-electron chi connectivity index (χ0n) is 14.8. The Balaban J connectivity index is 1.42. The average Bonchev–Trinajstić information content (AvgIpc) is 3.21. The monoisotopic (exact) mass is 433 g/mol. The van der Waals surface area contributed by atoms with E-state index in [9.17, 15) is 4.79 Å². The predicted octanol–water partition coefficient (Wildman–Crippen LogP) is 5.35. The number of halogens is 1. The quantitative estimate of drug-likeness (QED) is 0.460. The number of anilines is 1. The highest BCUT2D eigenvalue weighted by molar-refractivity contribution is 9.10. The van der Waals surface area contributed by atoms with Crippen molar-refractivity contribution < 1.29 is 9.21 Å². The lowest BCUT2D eigenvalue weighted by Gasteiger charge is -2.06. The van der Waals surface area contributed by atoms with Crippen LogP contribution < -0.4 is 5.32 Å². The van der Waals surface area contributed by atoms with Gasteiger partial charge in [-0.1, -0.05) is 46.3 Å². The minimum atomic E-state index is -0.0702. The van der Waals surface area contributed by atoms with Crippen LogP contribution in [0, 0.1) is 0 Å². The SMILES string of the molecule is O=C(Cc1ccc(Br)cc1)Nc1ccc(-c2nnc(-c3ccccc3)o2)cc1. The first-order valence-corrected chi connectivity index (χ1v) is 9.50. The summed E-state index contributed by atoms with van der Waals surface area (Å²) in [6, 6.07) is 24.6. The minimum absolute atomic E-state index is 0.0702. The van der Waals surface area contributed by atoms with E-state index < -0.39 is 0 Å². The Hall–Kier alpha value is -3.25. The molecule has 3 aromatic carbocycles. The summed E-state index contributed by atoms with van der Waals surface area (Å²) in [6.45, 7) is 0. The smallest absolute Gasteiger partial charge is 0.248 e. The number of rotatable bonds is 5. The average molecular weight is 434 g/mol. The number of aromatic nitrogens is 2. The summed E-state index contributed by atoms with van der Waals surface area (Å²) in [5, 5.41) is 11.1. The van der Waals surface area contributed by atoms with E-state index in [1.807, 2.05) is 78.9 Å². The van der Waals surface area contributed by atoms with Gasteiger partial charge in [0.15, 0.2) is 0 Å². The molecule has 0 unspecified atom stereocenters. The zero-order valence-corrected chi connectivity index (χ0v) is 16.4. The Morgan fingerprint density at radius 1 is 0.821 bits per heavy atom. The van der Waals surface area contributed by atoms with Crippen molar-refractivity contribution in [3.8, 4) is 22.9 Å². The van der Waals surface area contributed by atoms with Crippen LogP contribution in [-0.2, 0) is 11.2 Å². The Labute approximate surface area is 170 Å². The van der Waals surface area contributed by atoms with Crippen LogP contribution >= 0.6 is 15.9 Å². The number of hydrogen-bond acceptors (Lipinski definition) is 4. The molecule has 0 spiro atoms. The van der Waals surface area contributed by atoms with E-state index >= 15 is 0 Å². The molecule has 0 aliphatic carbocycles. The Bertz CT molecular complexity index is 1070. The molecule has 4 rings (SSSR count). The van der Waals surface area contributed by atoms with Crippen LogP contribution in [-0.4, -0.2) is 16.1 Å². The second kappa shape index (κ2) is 8.19. The first-order chi connectivity index (χ1) is 13.7. The van der Waals surface area contributed by atoms with Gasteiger partial charge in [0.2, 0.25) is 17.7 Å². The first-order valence-electron chi connectivity index (χ1n) is 8.71. The van der Waals surface area contributed by atoms with Crippen molar-refractivity contribution in [2.45, 2.75) is 6.42 Å². The molecule has 0 bridgehead atoms. The molecule has 0 saturated heterocycles. The molecule has 1 N–H and O–H groups in total. The molecule has 5 nitrogen and oxygen atoms in total. The Morgan fingerprint density at radius 3 is 2.07 bits per heavy atom. The summed E-state index contributed by atoms with van der Waals surface area (Å²) in [5.74, 6) is 0.841. The zero-order chi connectivity index (χ0) is 19.3. The van der Waals surface area contributed by atoms with Crippen LogP contribution in [0.4, 0.5) is 5.69 Å². The summed E-state index contributed by atoms with van der Waals surface area (Å²) in [7, 11) is 0. The number of carbonyl (C=O) groups is 1. The van der Waals surface area contributed by atoms with E-state index in [0.29, 0.717) is 23.9 Å². The molecule has 138 valence electrons. The molecule has 1 amide bonds. The third-order valence-electron chi connectivity index (χ3n) is 4.14. The molecule has 0 aliphatic heterocycles. The lowest BCUT2D eigenvalue weighted by atomic mass is 10.1.